The number of nitrogens with zero attached hydrogens (tertiary/aromatic N) is 1. The maximum Gasteiger partial charge on any atom is 0.322 e. The van der Waals surface area contributed by atoms with Gasteiger partial charge in [0.05, 0.1) is 4.90 Å². The van der Waals surface area contributed by atoms with Crippen molar-refractivity contribution in [1.29, 1.82) is 0 Å². The molecular weight excluding hydrogens is 514 g/mol. The van der Waals surface area contributed by atoms with Gasteiger partial charge >= 0.3 is 5.97 Å². The van der Waals surface area contributed by atoms with Gasteiger partial charge in [-0.2, -0.15) is 0 Å². The van der Waals surface area contributed by atoms with Crippen molar-refractivity contribution in [3.63, 3.8) is 0 Å². The molecule has 0 aliphatic carbocycles. The number of hydrogen-bond donors (Lipinski definition) is 5. The normalized spacial score (nSPS) is 12.1. The lowest BCUT2D eigenvalue weighted by molar-refractivity contribution is -0.138. The molecule has 0 bridgehead atoms. The summed E-state index contributed by atoms with van der Waals surface area (Å²) in [4.78, 5) is 48.3. The number of carboxylic acids is 1. The molecule has 0 radical (unpaired) electrons. The van der Waals surface area contributed by atoms with Crippen LogP contribution in [0.4, 0.5) is 5.69 Å². The minimum atomic E-state index is -3.76. The lowest BCUT2D eigenvalue weighted by atomic mass is 10.1. The molecule has 0 saturated carbocycles. The first-order chi connectivity index (χ1) is 17.9. The first-order valence-electron chi connectivity index (χ1n) is 12.2. The highest BCUT2D eigenvalue weighted by molar-refractivity contribution is 7.89. The second-order valence-corrected chi connectivity index (χ2v) is 10.7. The Balaban J connectivity index is 1.84. The number of sulfonamides is 1. The van der Waals surface area contributed by atoms with E-state index in [1.807, 2.05) is 37.2 Å². The van der Waals surface area contributed by atoms with E-state index in [2.05, 4.69) is 15.4 Å². The molecule has 0 unspecified atom stereocenters. The van der Waals surface area contributed by atoms with E-state index in [4.69, 9.17) is 10.8 Å². The van der Waals surface area contributed by atoms with Crippen molar-refractivity contribution in [2.45, 2.75) is 49.5 Å². The highest BCUT2D eigenvalue weighted by Crippen LogP contribution is 2.30. The van der Waals surface area contributed by atoms with E-state index in [1.165, 1.54) is 0 Å². The number of nitrogens with two attached hydrogens (primary N) is 1. The Kier molecular flexibility index (Phi) is 11.5. The molecule has 6 N–H and O–H groups in total. The van der Waals surface area contributed by atoms with Gasteiger partial charge in [0.2, 0.25) is 27.7 Å². The first-order valence-corrected chi connectivity index (χ1v) is 13.7. The van der Waals surface area contributed by atoms with E-state index in [0.29, 0.717) is 24.6 Å². The average Bonchev–Trinajstić information content (AvgIpc) is 2.86. The van der Waals surface area contributed by atoms with E-state index in [9.17, 15) is 27.6 Å². The molecule has 208 valence electrons. The lowest BCUT2D eigenvalue weighted by Crippen LogP contribution is -2.48. The van der Waals surface area contributed by atoms with Crippen molar-refractivity contribution in [3.8, 4) is 0 Å². The molecule has 0 spiro atoms. The van der Waals surface area contributed by atoms with Crippen LogP contribution in [-0.2, 0) is 29.2 Å². The molecule has 13 heteroatoms. The number of amides is 3. The number of primary amides is 1. The minimum absolute atomic E-state index is 0.0570. The van der Waals surface area contributed by atoms with Gasteiger partial charge < -0.3 is 26.4 Å². The summed E-state index contributed by atoms with van der Waals surface area (Å²) in [5.41, 5.74) is 6.02. The second-order valence-electron chi connectivity index (χ2n) is 8.97. The van der Waals surface area contributed by atoms with Crippen LogP contribution in [0.25, 0.3) is 10.8 Å². The van der Waals surface area contributed by atoms with Crippen LogP contribution in [0.2, 0.25) is 0 Å². The maximum absolute atomic E-state index is 13.0. The number of rotatable bonds is 16. The van der Waals surface area contributed by atoms with Gasteiger partial charge in [-0.25, -0.2) is 13.1 Å². The number of hydrogen-bond acceptors (Lipinski definition) is 7. The Labute approximate surface area is 222 Å². The van der Waals surface area contributed by atoms with Gasteiger partial charge in [0, 0.05) is 49.9 Å². The van der Waals surface area contributed by atoms with Gasteiger partial charge in [-0.3, -0.25) is 19.2 Å². The van der Waals surface area contributed by atoms with Crippen molar-refractivity contribution in [3.05, 3.63) is 36.4 Å². The number of benzene rings is 2. The predicted molar refractivity (Wildman–Crippen MR) is 143 cm³/mol. The summed E-state index contributed by atoms with van der Waals surface area (Å²) in [6.07, 6.45) is 1.34. The Hall–Kier alpha value is -3.71. The van der Waals surface area contributed by atoms with Crippen molar-refractivity contribution >= 4 is 50.2 Å². The number of carbonyl (C=O) groups excluding carboxylic acids is 3. The molecule has 2 aromatic carbocycles. The van der Waals surface area contributed by atoms with Crippen LogP contribution in [0.1, 0.15) is 38.5 Å². The second kappa shape index (κ2) is 14.3. The highest BCUT2D eigenvalue weighted by atomic mass is 32.2. The van der Waals surface area contributed by atoms with Crippen molar-refractivity contribution in [2.24, 2.45) is 5.73 Å². The van der Waals surface area contributed by atoms with Gasteiger partial charge in [0.15, 0.2) is 0 Å². The monoisotopic (exact) mass is 549 g/mol. The van der Waals surface area contributed by atoms with Crippen molar-refractivity contribution in [1.82, 2.24) is 15.4 Å². The van der Waals surface area contributed by atoms with Gasteiger partial charge in [-0.05, 0) is 31.4 Å². The van der Waals surface area contributed by atoms with E-state index in [1.54, 1.807) is 18.2 Å². The minimum Gasteiger partial charge on any atom is -0.480 e. The summed E-state index contributed by atoms with van der Waals surface area (Å²) < 4.78 is 28.5. The van der Waals surface area contributed by atoms with Gasteiger partial charge in [0.25, 0.3) is 0 Å². The Morgan fingerprint density at radius 2 is 1.66 bits per heavy atom. The zero-order valence-corrected chi connectivity index (χ0v) is 22.3. The third-order valence-electron chi connectivity index (χ3n) is 5.75. The molecule has 2 rings (SSSR count). The van der Waals surface area contributed by atoms with E-state index >= 15 is 0 Å². The summed E-state index contributed by atoms with van der Waals surface area (Å²) in [6, 6.07) is 9.57. The van der Waals surface area contributed by atoms with Gasteiger partial charge in [0.1, 0.15) is 12.6 Å². The quantitative estimate of drug-likeness (QED) is 0.189. The van der Waals surface area contributed by atoms with Crippen molar-refractivity contribution in [2.75, 3.05) is 32.1 Å². The SMILES string of the molecule is CN(C)c1cccc2c(S(=O)(=O)NCCCCCC(=O)N[C@@H](CCC(N)=O)C(=O)NCC(=O)O)cccc12. The smallest absolute Gasteiger partial charge is 0.322 e. The topological polar surface area (TPSA) is 188 Å². The average molecular weight is 550 g/mol. The van der Waals surface area contributed by atoms with Crippen LogP contribution in [0, 0.1) is 0 Å². The third kappa shape index (κ3) is 9.30. The number of unbranched alkanes of at least 4 members (excludes halogenated alkanes) is 2. The molecular formula is C25H35N5O7S. The summed E-state index contributed by atoms with van der Waals surface area (Å²) in [5.74, 6) is -3.06. The zero-order chi connectivity index (χ0) is 28.3. The largest absolute Gasteiger partial charge is 0.480 e. The molecule has 0 aromatic heterocycles. The van der Waals surface area contributed by atoms with Crippen LogP contribution >= 0.6 is 0 Å². The molecule has 0 heterocycles. The molecule has 3 amide bonds. The standard InChI is InChI=1S/C25H35N5O7S/c1-30(2)20-10-6-9-18-17(20)8-7-11-21(18)38(36,37)28-15-5-3-4-12-23(32)29-19(13-14-22(26)31)25(35)27-16-24(33)34/h6-11,19,28H,3-5,12-16H2,1-2H3,(H2,26,31)(H,27,35)(H,29,32)(H,33,34)/t19-/m0/s1. The van der Waals surface area contributed by atoms with Crippen LogP contribution in [0.15, 0.2) is 41.3 Å². The van der Waals surface area contributed by atoms with Crippen LogP contribution in [0.3, 0.4) is 0 Å². The Bertz CT molecular complexity index is 1260. The molecule has 38 heavy (non-hydrogen) atoms. The number of fused-ring (bicyclic) bond motifs is 1. The van der Waals surface area contributed by atoms with E-state index in [0.717, 1.165) is 11.1 Å². The number of nitrogens with one attached hydrogen (secondary N) is 3. The fourth-order valence-corrected chi connectivity index (χ4v) is 5.16. The number of carboxylic acid groups (broad SMARTS) is 1. The molecule has 2 aromatic rings. The first kappa shape index (κ1) is 30.5. The summed E-state index contributed by atoms with van der Waals surface area (Å²) in [7, 11) is 0.0305. The molecule has 12 nitrogen and oxygen atoms in total. The highest BCUT2D eigenvalue weighted by Gasteiger charge is 2.22. The molecule has 1 atom stereocenters. The fraction of sp³-hybridized carbons (Fsp3) is 0.440. The summed E-state index contributed by atoms with van der Waals surface area (Å²) in [5, 5.41) is 14.8. The van der Waals surface area contributed by atoms with Crippen LogP contribution in [-0.4, -0.2) is 70.4 Å². The van der Waals surface area contributed by atoms with Crippen LogP contribution in [0.5, 0.6) is 0 Å². The van der Waals surface area contributed by atoms with E-state index < -0.39 is 46.3 Å². The number of aliphatic carboxylic acids is 1. The third-order valence-corrected chi connectivity index (χ3v) is 7.27. The number of anilines is 1. The predicted octanol–water partition coefficient (Wildman–Crippen LogP) is 0.696. The van der Waals surface area contributed by atoms with Crippen LogP contribution < -0.4 is 26.0 Å². The maximum atomic E-state index is 13.0. The molecule has 0 saturated heterocycles. The van der Waals surface area contributed by atoms with Crippen molar-refractivity contribution < 1.29 is 32.7 Å². The fourth-order valence-electron chi connectivity index (χ4n) is 3.87. The molecule has 0 aliphatic heterocycles. The Morgan fingerprint density at radius 3 is 2.32 bits per heavy atom. The lowest BCUT2D eigenvalue weighted by Gasteiger charge is -2.17. The van der Waals surface area contributed by atoms with E-state index in [-0.39, 0.29) is 30.7 Å². The van der Waals surface area contributed by atoms with Gasteiger partial charge in [-0.15, -0.1) is 0 Å². The molecule has 0 fully saturated rings. The van der Waals surface area contributed by atoms with Gasteiger partial charge in [-0.1, -0.05) is 30.7 Å². The Morgan fingerprint density at radius 1 is 0.974 bits per heavy atom. The summed E-state index contributed by atoms with van der Waals surface area (Å²) in [6.45, 7) is -0.431. The number of carbonyl (C=O) groups is 4. The summed E-state index contributed by atoms with van der Waals surface area (Å²) >= 11 is 0. The zero-order valence-electron chi connectivity index (χ0n) is 21.5. The molecule has 0 aliphatic rings.